The molecule has 4 rings (SSSR count). The van der Waals surface area contributed by atoms with Gasteiger partial charge in [0.25, 0.3) is 0 Å². The molecule has 3 heterocycles. The van der Waals surface area contributed by atoms with E-state index in [-0.39, 0.29) is 23.1 Å². The molecule has 1 unspecified atom stereocenters. The highest BCUT2D eigenvalue weighted by molar-refractivity contribution is 5.80. The Kier molecular flexibility index (Phi) is 5.56. The minimum Gasteiger partial charge on any atom is -0.459 e. The lowest BCUT2D eigenvalue weighted by Gasteiger charge is -2.44. The predicted octanol–water partition coefficient (Wildman–Crippen LogP) is 3.60. The molecule has 158 valence electrons. The van der Waals surface area contributed by atoms with Crippen LogP contribution in [0.3, 0.4) is 0 Å². The third-order valence-corrected chi connectivity index (χ3v) is 6.62. The van der Waals surface area contributed by atoms with E-state index in [9.17, 15) is 9.59 Å². The minimum absolute atomic E-state index is 0.0193. The second kappa shape index (κ2) is 7.98. The number of carbonyl (C=O) groups is 2. The number of ether oxygens (including phenoxy) is 2. The highest BCUT2D eigenvalue weighted by Crippen LogP contribution is 2.46. The summed E-state index contributed by atoms with van der Waals surface area (Å²) < 4.78 is 11.1. The molecule has 3 saturated heterocycles. The van der Waals surface area contributed by atoms with Crippen molar-refractivity contribution in [3.05, 3.63) is 35.9 Å². The zero-order valence-corrected chi connectivity index (χ0v) is 17.6. The highest BCUT2D eigenvalue weighted by Gasteiger charge is 2.54. The summed E-state index contributed by atoms with van der Waals surface area (Å²) in [7, 11) is 0. The molecule has 3 fully saturated rings. The molecule has 6 nitrogen and oxygen atoms in total. The van der Waals surface area contributed by atoms with Gasteiger partial charge in [-0.2, -0.15) is 0 Å². The van der Waals surface area contributed by atoms with Gasteiger partial charge in [-0.3, -0.25) is 9.69 Å². The summed E-state index contributed by atoms with van der Waals surface area (Å²) in [6.45, 7) is 7.56. The van der Waals surface area contributed by atoms with Crippen molar-refractivity contribution in [3.8, 4) is 0 Å². The van der Waals surface area contributed by atoms with Crippen molar-refractivity contribution in [2.75, 3.05) is 26.2 Å². The molecule has 3 aliphatic rings. The fraction of sp³-hybridized carbons (Fsp3) is 0.652. The number of amides is 1. The van der Waals surface area contributed by atoms with Crippen LogP contribution in [-0.2, 0) is 20.9 Å². The Hall–Kier alpha value is -2.08. The van der Waals surface area contributed by atoms with Crippen LogP contribution in [0.5, 0.6) is 0 Å². The zero-order valence-electron chi connectivity index (χ0n) is 17.6. The van der Waals surface area contributed by atoms with Crippen LogP contribution >= 0.6 is 0 Å². The molecule has 1 aromatic carbocycles. The molecule has 29 heavy (non-hydrogen) atoms. The summed E-state index contributed by atoms with van der Waals surface area (Å²) >= 11 is 0. The zero-order chi connectivity index (χ0) is 20.5. The molecule has 0 saturated carbocycles. The smallest absolute Gasteiger partial charge is 0.410 e. The van der Waals surface area contributed by atoms with Crippen LogP contribution in [0.1, 0.15) is 51.5 Å². The average molecular weight is 401 g/mol. The van der Waals surface area contributed by atoms with Crippen LogP contribution < -0.4 is 0 Å². The van der Waals surface area contributed by atoms with Crippen molar-refractivity contribution >= 4 is 12.1 Å². The number of likely N-dealkylation sites (tertiary alicyclic amines) is 2. The minimum atomic E-state index is -0.355. The normalized spacial score (nSPS) is 27.8. The van der Waals surface area contributed by atoms with Gasteiger partial charge in [-0.25, -0.2) is 4.79 Å². The Bertz CT molecular complexity index is 743. The summed E-state index contributed by atoms with van der Waals surface area (Å²) in [6, 6.07) is 10.2. The van der Waals surface area contributed by atoms with E-state index in [4.69, 9.17) is 9.47 Å². The van der Waals surface area contributed by atoms with Crippen molar-refractivity contribution in [3.63, 3.8) is 0 Å². The Balaban J connectivity index is 1.28. The van der Waals surface area contributed by atoms with Gasteiger partial charge in [-0.1, -0.05) is 30.3 Å². The summed E-state index contributed by atoms with van der Waals surface area (Å²) in [5, 5.41) is 0. The second-order valence-corrected chi connectivity index (χ2v) is 9.44. The maximum Gasteiger partial charge on any atom is 0.410 e. The van der Waals surface area contributed by atoms with E-state index in [0.717, 1.165) is 50.8 Å². The van der Waals surface area contributed by atoms with Crippen molar-refractivity contribution in [1.82, 2.24) is 9.80 Å². The van der Waals surface area contributed by atoms with Gasteiger partial charge in [0.05, 0.1) is 5.41 Å². The third-order valence-electron chi connectivity index (χ3n) is 6.62. The lowest BCUT2D eigenvalue weighted by atomic mass is 9.74. The predicted molar refractivity (Wildman–Crippen MR) is 109 cm³/mol. The topological polar surface area (TPSA) is 59.1 Å². The fourth-order valence-electron chi connectivity index (χ4n) is 5.30. The maximum atomic E-state index is 12.6. The molecule has 0 aromatic heterocycles. The monoisotopic (exact) mass is 400 g/mol. The fourth-order valence-corrected chi connectivity index (χ4v) is 5.30. The molecular weight excluding hydrogens is 368 g/mol. The molecule has 1 atom stereocenters. The summed E-state index contributed by atoms with van der Waals surface area (Å²) in [4.78, 5) is 29.3. The number of rotatable bonds is 3. The molecule has 3 aliphatic heterocycles. The van der Waals surface area contributed by atoms with Gasteiger partial charge >= 0.3 is 12.1 Å². The van der Waals surface area contributed by atoms with E-state index in [1.807, 2.05) is 49.1 Å². The largest absolute Gasteiger partial charge is 0.459 e. The standard InChI is InChI=1S/C23H32N2O4/c1-22(2)16-23(20(26)29-22)11-6-12-25(17-23)19-9-13-24(14-10-19)21(27)28-15-18-7-4-3-5-8-18/h3-5,7-8,19H,6,9-17H2,1-2H3. The average Bonchev–Trinajstić information content (AvgIpc) is 2.94. The quantitative estimate of drug-likeness (QED) is 0.726. The number of hydrogen-bond acceptors (Lipinski definition) is 5. The van der Waals surface area contributed by atoms with Crippen molar-refractivity contribution in [2.24, 2.45) is 5.41 Å². The first kappa shape index (κ1) is 20.2. The number of hydrogen-bond donors (Lipinski definition) is 0. The molecular formula is C23H32N2O4. The van der Waals surface area contributed by atoms with Crippen LogP contribution in [0.25, 0.3) is 0 Å². The Morgan fingerprint density at radius 3 is 2.55 bits per heavy atom. The number of cyclic esters (lactones) is 1. The van der Waals surface area contributed by atoms with Crippen molar-refractivity contribution in [1.29, 1.82) is 0 Å². The third kappa shape index (κ3) is 4.42. The first-order valence-corrected chi connectivity index (χ1v) is 10.8. The van der Waals surface area contributed by atoms with E-state index in [1.165, 1.54) is 0 Å². The molecule has 1 aromatic rings. The van der Waals surface area contributed by atoms with Crippen molar-refractivity contribution < 1.29 is 19.1 Å². The first-order chi connectivity index (χ1) is 13.9. The van der Waals surface area contributed by atoms with E-state index in [1.54, 1.807) is 0 Å². The van der Waals surface area contributed by atoms with Gasteiger partial charge in [0, 0.05) is 32.1 Å². The van der Waals surface area contributed by atoms with E-state index in [2.05, 4.69) is 4.90 Å². The summed E-state index contributed by atoms with van der Waals surface area (Å²) in [5.41, 5.74) is 0.306. The number of piperidine rings is 2. The van der Waals surface area contributed by atoms with Gasteiger partial charge in [-0.05, 0) is 51.6 Å². The van der Waals surface area contributed by atoms with E-state index >= 15 is 0 Å². The molecule has 6 heteroatoms. The Morgan fingerprint density at radius 1 is 1.17 bits per heavy atom. The Labute approximate surface area is 173 Å². The van der Waals surface area contributed by atoms with Gasteiger partial charge in [-0.15, -0.1) is 0 Å². The van der Waals surface area contributed by atoms with Crippen LogP contribution in [0.4, 0.5) is 4.79 Å². The van der Waals surface area contributed by atoms with Gasteiger partial charge in [0.2, 0.25) is 0 Å². The van der Waals surface area contributed by atoms with Gasteiger partial charge < -0.3 is 14.4 Å². The van der Waals surface area contributed by atoms with E-state index in [0.29, 0.717) is 25.7 Å². The van der Waals surface area contributed by atoms with E-state index < -0.39 is 0 Å². The second-order valence-electron chi connectivity index (χ2n) is 9.44. The summed E-state index contributed by atoms with van der Waals surface area (Å²) in [5.74, 6) is -0.0193. The maximum absolute atomic E-state index is 12.6. The SMILES string of the molecule is CC1(C)CC2(CCCN(C3CCN(C(=O)OCc4ccccc4)CC3)C2)C(=O)O1. The number of esters is 1. The molecule has 1 spiro atoms. The molecule has 0 aliphatic carbocycles. The molecule has 0 N–H and O–H groups in total. The first-order valence-electron chi connectivity index (χ1n) is 10.8. The van der Waals surface area contributed by atoms with Gasteiger partial charge in [0.1, 0.15) is 12.2 Å². The highest BCUT2D eigenvalue weighted by atomic mass is 16.6. The lowest BCUT2D eigenvalue weighted by Crippen LogP contribution is -2.53. The van der Waals surface area contributed by atoms with Crippen LogP contribution in [0, 0.1) is 5.41 Å². The van der Waals surface area contributed by atoms with Crippen LogP contribution in [0.2, 0.25) is 0 Å². The van der Waals surface area contributed by atoms with Crippen molar-refractivity contribution in [2.45, 2.75) is 64.2 Å². The molecule has 0 radical (unpaired) electrons. The van der Waals surface area contributed by atoms with Crippen LogP contribution in [0.15, 0.2) is 30.3 Å². The lowest BCUT2D eigenvalue weighted by molar-refractivity contribution is -0.154. The molecule has 0 bridgehead atoms. The Morgan fingerprint density at radius 2 is 1.90 bits per heavy atom. The van der Waals surface area contributed by atoms with Crippen LogP contribution in [-0.4, -0.2) is 59.7 Å². The number of benzene rings is 1. The number of nitrogens with zero attached hydrogens (tertiary/aromatic N) is 2. The molecule has 1 amide bonds. The number of carbonyl (C=O) groups excluding carboxylic acids is 2. The summed E-state index contributed by atoms with van der Waals surface area (Å²) in [6.07, 6.45) is 4.38. The van der Waals surface area contributed by atoms with Gasteiger partial charge in [0.15, 0.2) is 0 Å².